The Hall–Kier alpha value is -1.39. The largest absolute Gasteiger partial charge is 0.331 e. The van der Waals surface area contributed by atoms with Crippen LogP contribution in [0.1, 0.15) is 11.4 Å². The molecule has 0 aliphatic heterocycles. The maximum atomic E-state index is 5.57. The minimum absolute atomic E-state index is 0.569. The summed E-state index contributed by atoms with van der Waals surface area (Å²) in [4.78, 5) is 6.59. The number of nitrogens with zero attached hydrogens (tertiary/aromatic N) is 3. The van der Waals surface area contributed by atoms with Crippen LogP contribution in [0.25, 0.3) is 11.0 Å². The van der Waals surface area contributed by atoms with Gasteiger partial charge in [-0.15, -0.1) is 0 Å². The summed E-state index contributed by atoms with van der Waals surface area (Å²) in [5, 5.41) is 0. The van der Waals surface area contributed by atoms with Crippen molar-refractivity contribution in [3.05, 3.63) is 29.6 Å². The fourth-order valence-electron chi connectivity index (χ4n) is 1.84. The molecule has 0 bridgehead atoms. The summed E-state index contributed by atoms with van der Waals surface area (Å²) < 4.78 is 2.10. The molecule has 1 aromatic carbocycles. The zero-order valence-corrected chi connectivity index (χ0v) is 10.1. The molecule has 0 aliphatic carbocycles. The summed E-state index contributed by atoms with van der Waals surface area (Å²) in [6.45, 7) is 3.45. The summed E-state index contributed by atoms with van der Waals surface area (Å²) in [6, 6.07) is 6.39. The van der Waals surface area contributed by atoms with Gasteiger partial charge in [0.15, 0.2) is 0 Å². The van der Waals surface area contributed by atoms with E-state index in [9.17, 15) is 0 Å². The van der Waals surface area contributed by atoms with Crippen LogP contribution in [-0.2, 0) is 13.6 Å². The van der Waals surface area contributed by atoms with Crippen LogP contribution in [0.2, 0.25) is 0 Å². The minimum Gasteiger partial charge on any atom is -0.331 e. The monoisotopic (exact) mass is 218 g/mol. The van der Waals surface area contributed by atoms with Gasteiger partial charge in [-0.1, -0.05) is 6.07 Å². The average Bonchev–Trinajstić information content (AvgIpc) is 2.54. The molecule has 0 radical (unpaired) electrons. The van der Waals surface area contributed by atoms with Crippen LogP contribution >= 0.6 is 0 Å². The van der Waals surface area contributed by atoms with Crippen molar-refractivity contribution in [1.82, 2.24) is 14.5 Å². The molecule has 1 heterocycles. The molecule has 4 nitrogen and oxygen atoms in total. The van der Waals surface area contributed by atoms with E-state index in [0.717, 1.165) is 17.9 Å². The van der Waals surface area contributed by atoms with Gasteiger partial charge in [0, 0.05) is 20.3 Å². The van der Waals surface area contributed by atoms with Crippen molar-refractivity contribution in [2.75, 3.05) is 13.7 Å². The summed E-state index contributed by atoms with van der Waals surface area (Å²) >= 11 is 0. The normalized spacial score (nSPS) is 11.6. The standard InChI is InChI=1S/C12H18N4/c1-9-14-11-6-10(7-15(2)8-13)4-5-12(11)16(9)3/h4-6H,7-8,13H2,1-3H3. The van der Waals surface area contributed by atoms with Gasteiger partial charge in [0.25, 0.3) is 0 Å². The molecule has 2 aromatic rings. The Balaban J connectivity index is 2.37. The first-order chi connectivity index (χ1) is 7.61. The quantitative estimate of drug-likeness (QED) is 0.788. The summed E-state index contributed by atoms with van der Waals surface area (Å²) in [5.41, 5.74) is 9.05. The number of hydrogen-bond donors (Lipinski definition) is 1. The number of benzene rings is 1. The molecule has 0 amide bonds. The lowest BCUT2D eigenvalue weighted by atomic mass is 10.2. The topological polar surface area (TPSA) is 47.1 Å². The highest BCUT2D eigenvalue weighted by atomic mass is 15.1. The van der Waals surface area contributed by atoms with Crippen molar-refractivity contribution < 1.29 is 0 Å². The molecule has 16 heavy (non-hydrogen) atoms. The van der Waals surface area contributed by atoms with Crippen molar-refractivity contribution >= 4 is 11.0 Å². The van der Waals surface area contributed by atoms with Crippen LogP contribution in [0.5, 0.6) is 0 Å². The van der Waals surface area contributed by atoms with Crippen LogP contribution in [0.3, 0.4) is 0 Å². The predicted molar refractivity (Wildman–Crippen MR) is 66.0 cm³/mol. The Bertz CT molecular complexity index is 501. The first-order valence-corrected chi connectivity index (χ1v) is 5.42. The maximum absolute atomic E-state index is 5.57. The Kier molecular flexibility index (Phi) is 2.94. The van der Waals surface area contributed by atoms with Crippen molar-refractivity contribution in [1.29, 1.82) is 0 Å². The second kappa shape index (κ2) is 4.23. The van der Waals surface area contributed by atoms with E-state index in [1.54, 1.807) is 0 Å². The predicted octanol–water partition coefficient (Wildman–Crippen LogP) is 1.23. The number of rotatable bonds is 3. The summed E-state index contributed by atoms with van der Waals surface area (Å²) in [7, 11) is 4.05. The smallest absolute Gasteiger partial charge is 0.106 e. The first-order valence-electron chi connectivity index (χ1n) is 5.42. The molecule has 0 fully saturated rings. The van der Waals surface area contributed by atoms with Crippen molar-refractivity contribution in [2.45, 2.75) is 13.5 Å². The molecule has 0 saturated heterocycles. The molecular weight excluding hydrogens is 200 g/mol. The zero-order valence-electron chi connectivity index (χ0n) is 10.1. The van der Waals surface area contributed by atoms with Gasteiger partial charge in [-0.25, -0.2) is 4.98 Å². The van der Waals surface area contributed by atoms with Crippen molar-refractivity contribution in [2.24, 2.45) is 12.8 Å². The number of aryl methyl sites for hydroxylation is 2. The van der Waals surface area contributed by atoms with Gasteiger partial charge in [-0.05, 0) is 31.7 Å². The highest BCUT2D eigenvalue weighted by Gasteiger charge is 2.05. The third-order valence-electron chi connectivity index (χ3n) is 2.93. The van der Waals surface area contributed by atoms with E-state index in [1.165, 1.54) is 11.1 Å². The summed E-state index contributed by atoms with van der Waals surface area (Å²) in [5.74, 6) is 1.04. The van der Waals surface area contributed by atoms with Crippen LogP contribution in [0.4, 0.5) is 0 Å². The van der Waals surface area contributed by atoms with Gasteiger partial charge in [-0.2, -0.15) is 0 Å². The Morgan fingerprint density at radius 3 is 2.88 bits per heavy atom. The van der Waals surface area contributed by atoms with Crippen LogP contribution in [0.15, 0.2) is 18.2 Å². The van der Waals surface area contributed by atoms with Crippen LogP contribution in [-0.4, -0.2) is 28.2 Å². The van der Waals surface area contributed by atoms with Gasteiger partial charge in [-0.3, -0.25) is 4.90 Å². The second-order valence-electron chi connectivity index (χ2n) is 4.24. The third-order valence-corrected chi connectivity index (χ3v) is 2.93. The molecule has 86 valence electrons. The molecule has 0 saturated carbocycles. The van der Waals surface area contributed by atoms with E-state index >= 15 is 0 Å². The first kappa shape index (κ1) is 11.1. The van der Waals surface area contributed by atoms with Gasteiger partial charge in [0.2, 0.25) is 0 Å². The number of hydrogen-bond acceptors (Lipinski definition) is 3. The number of aromatic nitrogens is 2. The number of imidazole rings is 1. The zero-order chi connectivity index (χ0) is 11.7. The lowest BCUT2D eigenvalue weighted by molar-refractivity contribution is 0.337. The van der Waals surface area contributed by atoms with Gasteiger partial charge < -0.3 is 10.3 Å². The lowest BCUT2D eigenvalue weighted by Crippen LogP contribution is -2.24. The van der Waals surface area contributed by atoms with E-state index in [4.69, 9.17) is 5.73 Å². The molecular formula is C12H18N4. The molecule has 0 spiro atoms. The minimum atomic E-state index is 0.569. The van der Waals surface area contributed by atoms with E-state index in [2.05, 4.69) is 32.7 Å². The number of nitrogens with two attached hydrogens (primary N) is 1. The van der Waals surface area contributed by atoms with E-state index in [0.29, 0.717) is 6.67 Å². The third kappa shape index (κ3) is 1.94. The lowest BCUT2D eigenvalue weighted by Gasteiger charge is -2.13. The number of fused-ring (bicyclic) bond motifs is 1. The van der Waals surface area contributed by atoms with Gasteiger partial charge in [0.1, 0.15) is 5.82 Å². The fourth-order valence-corrected chi connectivity index (χ4v) is 1.84. The second-order valence-corrected chi connectivity index (χ2v) is 4.24. The fraction of sp³-hybridized carbons (Fsp3) is 0.417. The summed E-state index contributed by atoms with van der Waals surface area (Å²) in [6.07, 6.45) is 0. The van der Waals surface area contributed by atoms with E-state index in [1.807, 2.05) is 21.0 Å². The molecule has 0 atom stereocenters. The molecule has 4 heteroatoms. The highest BCUT2D eigenvalue weighted by molar-refractivity contribution is 5.76. The molecule has 0 unspecified atom stereocenters. The SMILES string of the molecule is Cc1nc2cc(CN(C)CN)ccc2n1C. The van der Waals surface area contributed by atoms with Crippen molar-refractivity contribution in [3.63, 3.8) is 0 Å². The molecule has 2 N–H and O–H groups in total. The Labute approximate surface area is 95.7 Å². The van der Waals surface area contributed by atoms with E-state index < -0.39 is 0 Å². The molecule has 1 aromatic heterocycles. The molecule has 2 rings (SSSR count). The van der Waals surface area contributed by atoms with Gasteiger partial charge in [0.05, 0.1) is 11.0 Å². The average molecular weight is 218 g/mol. The van der Waals surface area contributed by atoms with Crippen LogP contribution in [0, 0.1) is 6.92 Å². The maximum Gasteiger partial charge on any atom is 0.106 e. The van der Waals surface area contributed by atoms with E-state index in [-0.39, 0.29) is 0 Å². The van der Waals surface area contributed by atoms with Crippen LogP contribution < -0.4 is 5.73 Å². The van der Waals surface area contributed by atoms with Crippen molar-refractivity contribution in [3.8, 4) is 0 Å². The highest BCUT2D eigenvalue weighted by Crippen LogP contribution is 2.16. The van der Waals surface area contributed by atoms with Gasteiger partial charge >= 0.3 is 0 Å². The Morgan fingerprint density at radius 2 is 2.19 bits per heavy atom. The Morgan fingerprint density at radius 1 is 1.44 bits per heavy atom. The molecule has 0 aliphatic rings.